The largest absolute Gasteiger partial charge is 0.366 e. The maximum Gasteiger partial charge on any atom is 0.321 e. The maximum absolute atomic E-state index is 12.7. The third kappa shape index (κ3) is 4.98. The molecule has 1 atom stereocenters. The Balaban J connectivity index is 1.62. The third-order valence-corrected chi connectivity index (χ3v) is 7.11. The zero-order valence-electron chi connectivity index (χ0n) is 15.2. The van der Waals surface area contributed by atoms with Crippen LogP contribution in [-0.2, 0) is 10.0 Å². The van der Waals surface area contributed by atoms with E-state index in [9.17, 15) is 18.0 Å². The second-order valence-corrected chi connectivity index (χ2v) is 9.22. The molecule has 8 nitrogen and oxygen atoms in total. The first kappa shape index (κ1) is 19.6. The van der Waals surface area contributed by atoms with Gasteiger partial charge in [0.2, 0.25) is 15.9 Å². The van der Waals surface area contributed by atoms with Crippen molar-refractivity contribution in [1.29, 1.82) is 0 Å². The van der Waals surface area contributed by atoms with Crippen molar-refractivity contribution in [3.63, 3.8) is 0 Å². The Morgan fingerprint density at radius 3 is 2.56 bits per heavy atom. The van der Waals surface area contributed by atoms with Crippen LogP contribution in [-0.4, -0.2) is 49.6 Å². The average Bonchev–Trinajstić information content (AvgIpc) is 3.14. The molecule has 3 amide bonds. The molecule has 0 spiro atoms. The van der Waals surface area contributed by atoms with Gasteiger partial charge < -0.3 is 16.0 Å². The number of carbonyl (C=O) groups is 2. The van der Waals surface area contributed by atoms with Crippen molar-refractivity contribution < 1.29 is 18.0 Å². The number of primary amides is 1. The number of urea groups is 1. The minimum Gasteiger partial charge on any atom is -0.366 e. The first-order chi connectivity index (χ1) is 12.8. The lowest BCUT2D eigenvalue weighted by Crippen LogP contribution is -2.50. The fraction of sp³-hybridized carbons (Fsp3) is 0.556. The van der Waals surface area contributed by atoms with E-state index < -0.39 is 21.2 Å². The number of piperidine rings is 1. The Morgan fingerprint density at radius 2 is 1.85 bits per heavy atom. The number of hydrogen-bond donors (Lipinski definition) is 3. The lowest BCUT2D eigenvalue weighted by atomic mass is 10.1. The summed E-state index contributed by atoms with van der Waals surface area (Å²) in [5.41, 5.74) is 6.00. The molecule has 0 radical (unpaired) electrons. The number of rotatable bonds is 5. The predicted molar refractivity (Wildman–Crippen MR) is 103 cm³/mol. The number of anilines is 1. The van der Waals surface area contributed by atoms with E-state index in [1.165, 1.54) is 11.0 Å². The van der Waals surface area contributed by atoms with E-state index in [2.05, 4.69) is 10.0 Å². The van der Waals surface area contributed by atoms with Crippen LogP contribution in [0.15, 0.2) is 24.3 Å². The molecule has 2 fully saturated rings. The van der Waals surface area contributed by atoms with Crippen molar-refractivity contribution in [2.24, 2.45) is 5.73 Å². The van der Waals surface area contributed by atoms with Crippen LogP contribution in [0.3, 0.4) is 0 Å². The Hall–Kier alpha value is -2.13. The lowest BCUT2D eigenvalue weighted by Gasteiger charge is -2.33. The van der Waals surface area contributed by atoms with Crippen LogP contribution >= 0.6 is 0 Å². The van der Waals surface area contributed by atoms with E-state index in [0.717, 1.165) is 25.7 Å². The molecule has 0 bridgehead atoms. The van der Waals surface area contributed by atoms with Crippen LogP contribution < -0.4 is 15.8 Å². The highest BCUT2D eigenvalue weighted by atomic mass is 32.2. The predicted octanol–water partition coefficient (Wildman–Crippen LogP) is 1.64. The molecule has 1 saturated heterocycles. The second-order valence-electron chi connectivity index (χ2n) is 7.23. The van der Waals surface area contributed by atoms with Gasteiger partial charge in [-0.25, -0.2) is 17.9 Å². The molecule has 1 aliphatic carbocycles. The van der Waals surface area contributed by atoms with Gasteiger partial charge in [-0.3, -0.25) is 4.79 Å². The van der Waals surface area contributed by atoms with Crippen molar-refractivity contribution in [2.45, 2.75) is 49.8 Å². The van der Waals surface area contributed by atoms with Gasteiger partial charge in [-0.05, 0) is 43.9 Å². The van der Waals surface area contributed by atoms with Crippen LogP contribution in [0, 0.1) is 0 Å². The number of benzene rings is 1. The Labute approximate surface area is 159 Å². The second kappa shape index (κ2) is 8.26. The summed E-state index contributed by atoms with van der Waals surface area (Å²) in [6.45, 7) is 0.653. The zero-order chi connectivity index (χ0) is 19.4. The molecule has 1 aliphatic heterocycles. The van der Waals surface area contributed by atoms with E-state index in [1.807, 2.05) is 0 Å². The van der Waals surface area contributed by atoms with Gasteiger partial charge in [0.05, 0.1) is 5.25 Å². The summed E-state index contributed by atoms with van der Waals surface area (Å²) < 4.78 is 28.2. The van der Waals surface area contributed by atoms with E-state index >= 15 is 0 Å². The third-order valence-electron chi connectivity index (χ3n) is 5.19. The number of sulfonamides is 1. The molecule has 4 N–H and O–H groups in total. The smallest absolute Gasteiger partial charge is 0.321 e. The molecule has 148 valence electrons. The quantitative estimate of drug-likeness (QED) is 0.703. The van der Waals surface area contributed by atoms with Crippen LogP contribution in [0.25, 0.3) is 0 Å². The fourth-order valence-corrected chi connectivity index (χ4v) is 5.45. The number of amides is 3. The summed E-state index contributed by atoms with van der Waals surface area (Å²) in [5.74, 6) is -0.576. The summed E-state index contributed by atoms with van der Waals surface area (Å²) in [4.78, 5) is 25.3. The number of nitrogens with zero attached hydrogens (tertiary/aromatic N) is 1. The van der Waals surface area contributed by atoms with E-state index in [-0.39, 0.29) is 18.6 Å². The first-order valence-electron chi connectivity index (χ1n) is 9.32. The van der Waals surface area contributed by atoms with Gasteiger partial charge in [0, 0.05) is 30.4 Å². The SMILES string of the molecule is NC(=O)c1cccc(NC(=O)N2CCC[C@H](S(=O)(=O)NC3CCCC3)C2)c1. The number of nitrogens with one attached hydrogen (secondary N) is 2. The maximum atomic E-state index is 12.7. The van der Waals surface area contributed by atoms with Gasteiger partial charge in [-0.2, -0.15) is 0 Å². The number of hydrogen-bond acceptors (Lipinski definition) is 4. The summed E-state index contributed by atoms with van der Waals surface area (Å²) in [5, 5.41) is 2.11. The van der Waals surface area contributed by atoms with E-state index in [1.54, 1.807) is 18.2 Å². The highest BCUT2D eigenvalue weighted by Crippen LogP contribution is 2.22. The molecule has 2 aliphatic rings. The number of carbonyl (C=O) groups excluding carboxylic acids is 2. The standard InChI is InChI=1S/C18H26N4O4S/c19-17(23)13-5-3-8-15(11-13)20-18(24)22-10-4-9-16(12-22)27(25,26)21-14-6-1-2-7-14/h3,5,8,11,14,16,21H,1-2,4,6-7,9-10,12H2,(H2,19,23)(H,20,24)/t16-/m0/s1. The summed E-state index contributed by atoms with van der Waals surface area (Å²) in [6.07, 6.45) is 5.04. The molecule has 1 heterocycles. The molecule has 27 heavy (non-hydrogen) atoms. The Kier molecular flexibility index (Phi) is 6.01. The molecule has 9 heteroatoms. The molecule has 0 aromatic heterocycles. The topological polar surface area (TPSA) is 122 Å². The Morgan fingerprint density at radius 1 is 1.11 bits per heavy atom. The van der Waals surface area contributed by atoms with Crippen molar-refractivity contribution in [1.82, 2.24) is 9.62 Å². The molecule has 1 aromatic rings. The van der Waals surface area contributed by atoms with Crippen molar-refractivity contribution in [3.8, 4) is 0 Å². The van der Waals surface area contributed by atoms with Gasteiger partial charge in [0.1, 0.15) is 0 Å². The molecule has 1 aromatic carbocycles. The summed E-state index contributed by atoms with van der Waals surface area (Å²) in [7, 11) is -3.46. The monoisotopic (exact) mass is 394 g/mol. The fourth-order valence-electron chi connectivity index (χ4n) is 3.70. The van der Waals surface area contributed by atoms with Crippen LogP contribution in [0.1, 0.15) is 48.9 Å². The van der Waals surface area contributed by atoms with Crippen LogP contribution in [0.4, 0.5) is 10.5 Å². The normalized spacial score (nSPS) is 21.2. The van der Waals surface area contributed by atoms with Crippen molar-refractivity contribution in [3.05, 3.63) is 29.8 Å². The van der Waals surface area contributed by atoms with Gasteiger partial charge in [0.15, 0.2) is 0 Å². The van der Waals surface area contributed by atoms with E-state index in [0.29, 0.717) is 30.6 Å². The van der Waals surface area contributed by atoms with Gasteiger partial charge in [0.25, 0.3) is 0 Å². The number of likely N-dealkylation sites (tertiary alicyclic amines) is 1. The molecular weight excluding hydrogens is 368 g/mol. The van der Waals surface area contributed by atoms with Gasteiger partial charge >= 0.3 is 6.03 Å². The van der Waals surface area contributed by atoms with Crippen molar-refractivity contribution >= 4 is 27.6 Å². The van der Waals surface area contributed by atoms with Gasteiger partial charge in [-0.1, -0.05) is 18.9 Å². The molecule has 0 unspecified atom stereocenters. The molecule has 3 rings (SSSR count). The molecular formula is C18H26N4O4S. The summed E-state index contributed by atoms with van der Waals surface area (Å²) in [6, 6.07) is 6.00. The number of nitrogens with two attached hydrogens (primary N) is 1. The average molecular weight is 394 g/mol. The van der Waals surface area contributed by atoms with Crippen LogP contribution in [0.2, 0.25) is 0 Å². The highest BCUT2D eigenvalue weighted by molar-refractivity contribution is 7.90. The minimum absolute atomic E-state index is 0.0238. The lowest BCUT2D eigenvalue weighted by molar-refractivity contribution is 0.1000. The molecule has 1 saturated carbocycles. The first-order valence-corrected chi connectivity index (χ1v) is 10.9. The Bertz CT molecular complexity index is 805. The van der Waals surface area contributed by atoms with Crippen LogP contribution in [0.5, 0.6) is 0 Å². The highest BCUT2D eigenvalue weighted by Gasteiger charge is 2.34. The minimum atomic E-state index is -3.46. The van der Waals surface area contributed by atoms with E-state index in [4.69, 9.17) is 5.73 Å². The zero-order valence-corrected chi connectivity index (χ0v) is 16.0. The summed E-state index contributed by atoms with van der Waals surface area (Å²) >= 11 is 0. The van der Waals surface area contributed by atoms with Crippen molar-refractivity contribution in [2.75, 3.05) is 18.4 Å². The van der Waals surface area contributed by atoms with Gasteiger partial charge in [-0.15, -0.1) is 0 Å².